The third-order valence-corrected chi connectivity index (χ3v) is 3.48. The van der Waals surface area contributed by atoms with Gasteiger partial charge in [-0.1, -0.05) is 53.7 Å². The number of carbonyl (C=O) groups excluding carboxylic acids is 1. The van der Waals surface area contributed by atoms with Gasteiger partial charge in [0.25, 0.3) is 0 Å². The number of benzene rings is 2. The summed E-state index contributed by atoms with van der Waals surface area (Å²) in [6, 6.07) is 17.2. The predicted octanol–water partition coefficient (Wildman–Crippen LogP) is 2.80. The fraction of sp³-hybridized carbons (Fsp3) is 0.125. The van der Waals surface area contributed by atoms with Gasteiger partial charge in [0.15, 0.2) is 0 Å². The lowest BCUT2D eigenvalue weighted by atomic mass is 9.91. The van der Waals surface area contributed by atoms with Crippen LogP contribution in [0.5, 0.6) is 0 Å². The Kier molecular flexibility index (Phi) is 3.21. The van der Waals surface area contributed by atoms with Crippen molar-refractivity contribution < 1.29 is 10.0 Å². The maximum absolute atomic E-state index is 12.1. The average molecular weight is 266 g/mol. The Balaban J connectivity index is 1.93. The molecule has 4 heteroatoms. The summed E-state index contributed by atoms with van der Waals surface area (Å²) in [7, 11) is 0. The molecule has 0 spiro atoms. The molecule has 1 heterocycles. The summed E-state index contributed by atoms with van der Waals surface area (Å²) in [5.41, 5.74) is 3.12. The van der Waals surface area contributed by atoms with Crippen LogP contribution >= 0.6 is 0 Å². The topological polar surface area (TPSA) is 61.7 Å². The Morgan fingerprint density at radius 3 is 2.55 bits per heavy atom. The van der Waals surface area contributed by atoms with Gasteiger partial charge in [0, 0.05) is 12.1 Å². The zero-order chi connectivity index (χ0) is 13.9. The monoisotopic (exact) mass is 266 g/mol. The van der Waals surface area contributed by atoms with Crippen LogP contribution in [0.15, 0.2) is 59.8 Å². The lowest BCUT2D eigenvalue weighted by Crippen LogP contribution is -2.22. The van der Waals surface area contributed by atoms with Crippen molar-refractivity contribution in [1.82, 2.24) is 0 Å². The van der Waals surface area contributed by atoms with E-state index in [-0.39, 0.29) is 5.91 Å². The minimum Gasteiger partial charge on any atom is -0.411 e. The number of nitrogens with zero attached hydrogens (tertiary/aromatic N) is 1. The molecular formula is C16H14N2O2. The SMILES string of the molecule is O=C1Nc2ccccc2C1/C(Cc1ccccc1)=N/O. The van der Waals surface area contributed by atoms with Crippen LogP contribution in [0.2, 0.25) is 0 Å². The summed E-state index contributed by atoms with van der Waals surface area (Å²) in [4.78, 5) is 12.1. The molecule has 0 fully saturated rings. The lowest BCUT2D eigenvalue weighted by Gasteiger charge is -2.11. The number of carbonyl (C=O) groups is 1. The second-order valence-corrected chi connectivity index (χ2v) is 4.76. The van der Waals surface area contributed by atoms with Crippen molar-refractivity contribution in [2.45, 2.75) is 12.3 Å². The molecule has 0 radical (unpaired) electrons. The van der Waals surface area contributed by atoms with Crippen LogP contribution in [-0.2, 0) is 11.2 Å². The molecule has 4 nitrogen and oxygen atoms in total. The highest BCUT2D eigenvalue weighted by molar-refractivity contribution is 6.18. The minimum atomic E-state index is -0.517. The smallest absolute Gasteiger partial charge is 0.237 e. The summed E-state index contributed by atoms with van der Waals surface area (Å²) in [5.74, 6) is -0.661. The van der Waals surface area contributed by atoms with E-state index >= 15 is 0 Å². The first-order valence-electron chi connectivity index (χ1n) is 6.44. The van der Waals surface area contributed by atoms with Gasteiger partial charge < -0.3 is 10.5 Å². The fourth-order valence-electron chi connectivity index (χ4n) is 2.54. The average Bonchev–Trinajstić information content (AvgIpc) is 2.82. The van der Waals surface area contributed by atoms with Crippen molar-refractivity contribution in [2.75, 3.05) is 5.32 Å². The largest absolute Gasteiger partial charge is 0.411 e. The Morgan fingerprint density at radius 2 is 1.80 bits per heavy atom. The first kappa shape index (κ1) is 12.4. The van der Waals surface area contributed by atoms with Gasteiger partial charge in [-0.2, -0.15) is 0 Å². The molecule has 0 saturated carbocycles. The second kappa shape index (κ2) is 5.17. The molecular weight excluding hydrogens is 252 g/mol. The van der Waals surface area contributed by atoms with E-state index in [2.05, 4.69) is 10.5 Å². The standard InChI is InChI=1S/C16H14N2O2/c19-16-15(12-8-4-5-9-13(12)17-16)14(18-20)10-11-6-2-1-3-7-11/h1-9,15,20H,10H2,(H,17,19)/b18-14+. The quantitative estimate of drug-likeness (QED) is 0.510. The number of para-hydroxylation sites is 1. The van der Waals surface area contributed by atoms with E-state index in [9.17, 15) is 10.0 Å². The molecule has 2 aromatic rings. The van der Waals surface area contributed by atoms with E-state index in [1.807, 2.05) is 54.6 Å². The van der Waals surface area contributed by atoms with Crippen LogP contribution in [-0.4, -0.2) is 16.8 Å². The molecule has 2 aromatic carbocycles. The van der Waals surface area contributed by atoms with Crippen LogP contribution in [0, 0.1) is 0 Å². The molecule has 20 heavy (non-hydrogen) atoms. The number of nitrogens with one attached hydrogen (secondary N) is 1. The van der Waals surface area contributed by atoms with Crippen molar-refractivity contribution in [3.8, 4) is 0 Å². The lowest BCUT2D eigenvalue weighted by molar-refractivity contribution is -0.115. The number of fused-ring (bicyclic) bond motifs is 1. The van der Waals surface area contributed by atoms with Crippen molar-refractivity contribution in [2.24, 2.45) is 5.16 Å². The van der Waals surface area contributed by atoms with E-state index in [4.69, 9.17) is 0 Å². The van der Waals surface area contributed by atoms with Gasteiger partial charge in [-0.05, 0) is 17.2 Å². The molecule has 0 aliphatic carbocycles. The molecule has 1 aliphatic rings. The van der Waals surface area contributed by atoms with E-state index in [0.717, 1.165) is 16.8 Å². The van der Waals surface area contributed by atoms with Gasteiger partial charge in [-0.15, -0.1) is 0 Å². The van der Waals surface area contributed by atoms with Gasteiger partial charge >= 0.3 is 0 Å². The third-order valence-electron chi connectivity index (χ3n) is 3.48. The number of hydrogen-bond acceptors (Lipinski definition) is 3. The number of anilines is 1. The normalized spacial score (nSPS) is 17.7. The first-order valence-corrected chi connectivity index (χ1v) is 6.44. The van der Waals surface area contributed by atoms with Gasteiger partial charge in [-0.3, -0.25) is 4.79 Å². The van der Waals surface area contributed by atoms with E-state index in [1.54, 1.807) is 0 Å². The number of rotatable bonds is 3. The van der Waals surface area contributed by atoms with Gasteiger partial charge in [0.2, 0.25) is 5.91 Å². The van der Waals surface area contributed by atoms with E-state index in [0.29, 0.717) is 12.1 Å². The zero-order valence-electron chi connectivity index (χ0n) is 10.8. The van der Waals surface area contributed by atoms with E-state index in [1.165, 1.54) is 0 Å². The van der Waals surface area contributed by atoms with Crippen molar-refractivity contribution >= 4 is 17.3 Å². The molecule has 0 bridgehead atoms. The molecule has 3 rings (SSSR count). The van der Waals surface area contributed by atoms with Crippen LogP contribution in [0.4, 0.5) is 5.69 Å². The highest BCUT2D eigenvalue weighted by Crippen LogP contribution is 2.33. The van der Waals surface area contributed by atoms with Crippen molar-refractivity contribution in [3.05, 3.63) is 65.7 Å². The van der Waals surface area contributed by atoms with Crippen molar-refractivity contribution in [3.63, 3.8) is 0 Å². The van der Waals surface area contributed by atoms with E-state index < -0.39 is 5.92 Å². The molecule has 1 aliphatic heterocycles. The second-order valence-electron chi connectivity index (χ2n) is 4.76. The summed E-state index contributed by atoms with van der Waals surface area (Å²) in [6.45, 7) is 0. The molecule has 0 saturated heterocycles. The first-order chi connectivity index (χ1) is 9.79. The Morgan fingerprint density at radius 1 is 1.10 bits per heavy atom. The Labute approximate surface area is 116 Å². The summed E-state index contributed by atoms with van der Waals surface area (Å²) in [6.07, 6.45) is 0.448. The summed E-state index contributed by atoms with van der Waals surface area (Å²) >= 11 is 0. The Bertz CT molecular complexity index is 665. The maximum atomic E-state index is 12.1. The van der Waals surface area contributed by atoms with Crippen molar-refractivity contribution in [1.29, 1.82) is 0 Å². The highest BCUT2D eigenvalue weighted by atomic mass is 16.4. The molecule has 1 atom stereocenters. The predicted molar refractivity (Wildman–Crippen MR) is 77.2 cm³/mol. The highest BCUT2D eigenvalue weighted by Gasteiger charge is 2.34. The summed E-state index contributed by atoms with van der Waals surface area (Å²) in [5, 5.41) is 15.5. The number of amides is 1. The van der Waals surface area contributed by atoms with Crippen LogP contribution in [0.25, 0.3) is 0 Å². The van der Waals surface area contributed by atoms with Gasteiger partial charge in [-0.25, -0.2) is 0 Å². The van der Waals surface area contributed by atoms with Gasteiger partial charge in [0.05, 0.1) is 5.71 Å². The molecule has 1 unspecified atom stereocenters. The zero-order valence-corrected chi connectivity index (χ0v) is 10.8. The Hall–Kier alpha value is -2.62. The molecule has 100 valence electrons. The van der Waals surface area contributed by atoms with Crippen LogP contribution in [0.3, 0.4) is 0 Å². The number of hydrogen-bond donors (Lipinski definition) is 2. The molecule has 2 N–H and O–H groups in total. The fourth-order valence-corrected chi connectivity index (χ4v) is 2.54. The molecule has 0 aromatic heterocycles. The number of oxime groups is 1. The summed E-state index contributed by atoms with van der Waals surface area (Å²) < 4.78 is 0. The molecule has 1 amide bonds. The van der Waals surface area contributed by atoms with Gasteiger partial charge in [0.1, 0.15) is 5.92 Å². The maximum Gasteiger partial charge on any atom is 0.237 e. The van der Waals surface area contributed by atoms with Crippen LogP contribution in [0.1, 0.15) is 17.0 Å². The van der Waals surface area contributed by atoms with Crippen LogP contribution < -0.4 is 5.32 Å². The minimum absolute atomic E-state index is 0.144. The third kappa shape index (κ3) is 2.16.